The molecule has 0 aromatic carbocycles. The van der Waals surface area contributed by atoms with Crippen molar-refractivity contribution in [2.24, 2.45) is 5.92 Å². The highest BCUT2D eigenvalue weighted by Crippen LogP contribution is 2.28. The third-order valence-electron chi connectivity index (χ3n) is 2.46. The summed E-state index contributed by atoms with van der Waals surface area (Å²) < 4.78 is 5.46. The van der Waals surface area contributed by atoms with Crippen molar-refractivity contribution in [2.75, 3.05) is 25.1 Å². The van der Waals surface area contributed by atoms with Crippen LogP contribution in [0, 0.1) is 12.8 Å². The lowest BCUT2D eigenvalue weighted by atomic mass is 10.5. The number of ether oxygens (including phenoxy) is 1. The third-order valence-corrected chi connectivity index (χ3v) is 2.46. The van der Waals surface area contributed by atoms with E-state index in [2.05, 4.69) is 15.3 Å². The Labute approximate surface area is 94.2 Å². The van der Waals surface area contributed by atoms with Gasteiger partial charge in [0, 0.05) is 19.2 Å². The SMILES string of the molecule is Cc1nc(NCCOCC2CC2)cc(=O)[nH]1. The van der Waals surface area contributed by atoms with Gasteiger partial charge in [-0.15, -0.1) is 0 Å². The molecule has 5 heteroatoms. The summed E-state index contributed by atoms with van der Waals surface area (Å²) in [5.41, 5.74) is -0.131. The normalized spacial score (nSPS) is 15.1. The predicted octanol–water partition coefficient (Wildman–Crippen LogP) is 0.917. The second kappa shape index (κ2) is 5.12. The number of aryl methyl sites for hydroxylation is 1. The molecule has 2 rings (SSSR count). The number of aromatic amines is 1. The van der Waals surface area contributed by atoms with Crippen LogP contribution in [-0.2, 0) is 4.74 Å². The van der Waals surface area contributed by atoms with Gasteiger partial charge in [0.2, 0.25) is 0 Å². The molecule has 1 aromatic rings. The van der Waals surface area contributed by atoms with Crippen LogP contribution in [0.4, 0.5) is 5.82 Å². The van der Waals surface area contributed by atoms with Crippen LogP contribution in [0.5, 0.6) is 0 Å². The number of anilines is 1. The van der Waals surface area contributed by atoms with E-state index in [9.17, 15) is 4.79 Å². The van der Waals surface area contributed by atoms with Crippen LogP contribution < -0.4 is 10.9 Å². The maximum atomic E-state index is 11.1. The lowest BCUT2D eigenvalue weighted by Gasteiger charge is -2.06. The van der Waals surface area contributed by atoms with Gasteiger partial charge in [0.1, 0.15) is 11.6 Å². The predicted molar refractivity (Wildman–Crippen MR) is 61.6 cm³/mol. The first-order chi connectivity index (χ1) is 7.74. The Hall–Kier alpha value is -1.36. The van der Waals surface area contributed by atoms with Crippen molar-refractivity contribution in [2.45, 2.75) is 19.8 Å². The minimum atomic E-state index is -0.131. The Morgan fingerprint density at radius 2 is 2.44 bits per heavy atom. The van der Waals surface area contributed by atoms with E-state index in [-0.39, 0.29) is 5.56 Å². The molecule has 1 aromatic heterocycles. The molecule has 1 aliphatic rings. The van der Waals surface area contributed by atoms with Crippen LogP contribution in [0.1, 0.15) is 18.7 Å². The Bertz CT molecular complexity index is 398. The Morgan fingerprint density at radius 3 is 3.12 bits per heavy atom. The number of aromatic nitrogens is 2. The number of nitrogens with one attached hydrogen (secondary N) is 2. The van der Waals surface area contributed by atoms with Crippen LogP contribution >= 0.6 is 0 Å². The Morgan fingerprint density at radius 1 is 1.62 bits per heavy atom. The molecule has 5 nitrogen and oxygen atoms in total. The van der Waals surface area contributed by atoms with Crippen LogP contribution in [0.15, 0.2) is 10.9 Å². The standard InChI is InChI=1S/C11H17N3O2/c1-8-13-10(6-11(15)14-8)12-4-5-16-7-9-2-3-9/h6,9H,2-5,7H2,1H3,(H2,12,13,14,15). The zero-order valence-electron chi connectivity index (χ0n) is 9.45. The molecule has 1 heterocycles. The smallest absolute Gasteiger partial charge is 0.252 e. The molecule has 88 valence electrons. The van der Waals surface area contributed by atoms with Crippen LogP contribution in [0.2, 0.25) is 0 Å². The molecule has 0 unspecified atom stereocenters. The summed E-state index contributed by atoms with van der Waals surface area (Å²) in [5.74, 6) is 2.02. The Kier molecular flexibility index (Phi) is 3.56. The maximum absolute atomic E-state index is 11.1. The first-order valence-corrected chi connectivity index (χ1v) is 5.63. The van der Waals surface area contributed by atoms with Gasteiger partial charge in [0.15, 0.2) is 0 Å². The molecule has 0 aliphatic heterocycles. The largest absolute Gasteiger partial charge is 0.379 e. The van der Waals surface area contributed by atoms with Crippen molar-refractivity contribution in [3.63, 3.8) is 0 Å². The van der Waals surface area contributed by atoms with Gasteiger partial charge in [-0.3, -0.25) is 4.79 Å². The molecule has 0 radical (unpaired) electrons. The highest BCUT2D eigenvalue weighted by molar-refractivity contribution is 5.32. The molecule has 1 saturated carbocycles. The molecule has 0 amide bonds. The zero-order chi connectivity index (χ0) is 11.4. The Balaban J connectivity index is 1.69. The van der Waals surface area contributed by atoms with Gasteiger partial charge in [-0.1, -0.05) is 0 Å². The van der Waals surface area contributed by atoms with E-state index >= 15 is 0 Å². The summed E-state index contributed by atoms with van der Waals surface area (Å²) in [5, 5.41) is 3.06. The van der Waals surface area contributed by atoms with Crippen LogP contribution in [-0.4, -0.2) is 29.7 Å². The lowest BCUT2D eigenvalue weighted by molar-refractivity contribution is 0.134. The van der Waals surface area contributed by atoms with Crippen molar-refractivity contribution < 1.29 is 4.74 Å². The van der Waals surface area contributed by atoms with Gasteiger partial charge in [-0.2, -0.15) is 0 Å². The first-order valence-electron chi connectivity index (χ1n) is 5.63. The van der Waals surface area contributed by atoms with E-state index in [0.29, 0.717) is 24.8 Å². The van der Waals surface area contributed by atoms with Crippen molar-refractivity contribution >= 4 is 5.82 Å². The van der Waals surface area contributed by atoms with Crippen molar-refractivity contribution in [1.29, 1.82) is 0 Å². The van der Waals surface area contributed by atoms with E-state index in [4.69, 9.17) is 4.74 Å². The van der Waals surface area contributed by atoms with Gasteiger partial charge >= 0.3 is 0 Å². The number of nitrogens with zero attached hydrogens (tertiary/aromatic N) is 1. The van der Waals surface area contributed by atoms with Gasteiger partial charge in [-0.05, 0) is 25.7 Å². The molecular weight excluding hydrogens is 206 g/mol. The van der Waals surface area contributed by atoms with Crippen LogP contribution in [0.3, 0.4) is 0 Å². The lowest BCUT2D eigenvalue weighted by Crippen LogP contribution is -2.15. The fraction of sp³-hybridized carbons (Fsp3) is 0.636. The number of H-pyrrole nitrogens is 1. The van der Waals surface area contributed by atoms with Gasteiger partial charge in [0.05, 0.1) is 6.61 Å². The van der Waals surface area contributed by atoms with Crippen LogP contribution in [0.25, 0.3) is 0 Å². The summed E-state index contributed by atoms with van der Waals surface area (Å²) in [6.45, 7) is 3.96. The first kappa shape index (κ1) is 11.1. The molecule has 0 saturated heterocycles. The average Bonchev–Trinajstić information content (AvgIpc) is 2.99. The summed E-state index contributed by atoms with van der Waals surface area (Å²) in [4.78, 5) is 17.9. The van der Waals surface area contributed by atoms with Crippen molar-refractivity contribution in [3.8, 4) is 0 Å². The summed E-state index contributed by atoms with van der Waals surface area (Å²) >= 11 is 0. The number of hydrogen-bond acceptors (Lipinski definition) is 4. The van der Waals surface area contributed by atoms with Crippen molar-refractivity contribution in [1.82, 2.24) is 9.97 Å². The minimum Gasteiger partial charge on any atom is -0.379 e. The second-order valence-corrected chi connectivity index (χ2v) is 4.16. The summed E-state index contributed by atoms with van der Waals surface area (Å²) in [7, 11) is 0. The molecule has 16 heavy (non-hydrogen) atoms. The maximum Gasteiger partial charge on any atom is 0.252 e. The monoisotopic (exact) mass is 223 g/mol. The molecule has 0 atom stereocenters. The number of hydrogen-bond donors (Lipinski definition) is 2. The third kappa shape index (κ3) is 3.66. The fourth-order valence-electron chi connectivity index (χ4n) is 1.46. The summed E-state index contributed by atoms with van der Waals surface area (Å²) in [6.07, 6.45) is 2.62. The molecule has 1 aliphatic carbocycles. The highest BCUT2D eigenvalue weighted by atomic mass is 16.5. The molecule has 0 spiro atoms. The fourth-order valence-corrected chi connectivity index (χ4v) is 1.46. The number of rotatable bonds is 6. The minimum absolute atomic E-state index is 0.131. The quantitative estimate of drug-likeness (QED) is 0.704. The van der Waals surface area contributed by atoms with Crippen molar-refractivity contribution in [3.05, 3.63) is 22.2 Å². The van der Waals surface area contributed by atoms with Gasteiger partial charge in [0.25, 0.3) is 5.56 Å². The zero-order valence-corrected chi connectivity index (χ0v) is 9.45. The molecule has 0 bridgehead atoms. The van der Waals surface area contributed by atoms with E-state index in [1.165, 1.54) is 18.9 Å². The van der Waals surface area contributed by atoms with Gasteiger partial charge < -0.3 is 15.0 Å². The van der Waals surface area contributed by atoms with E-state index in [1.807, 2.05) is 0 Å². The topological polar surface area (TPSA) is 67.0 Å². The van der Waals surface area contributed by atoms with E-state index in [0.717, 1.165) is 12.5 Å². The summed E-state index contributed by atoms with van der Waals surface area (Å²) in [6, 6.07) is 1.45. The van der Waals surface area contributed by atoms with E-state index in [1.54, 1.807) is 6.92 Å². The highest BCUT2D eigenvalue weighted by Gasteiger charge is 2.20. The average molecular weight is 223 g/mol. The second-order valence-electron chi connectivity index (χ2n) is 4.16. The molecular formula is C11H17N3O2. The van der Waals surface area contributed by atoms with E-state index < -0.39 is 0 Å². The van der Waals surface area contributed by atoms with Gasteiger partial charge in [-0.25, -0.2) is 4.98 Å². The molecule has 2 N–H and O–H groups in total. The molecule has 1 fully saturated rings.